The first-order chi connectivity index (χ1) is 19.0. The van der Waals surface area contributed by atoms with Crippen molar-refractivity contribution in [3.05, 3.63) is 83.2 Å². The van der Waals surface area contributed by atoms with Crippen LogP contribution in [-0.2, 0) is 11.2 Å². The molecule has 0 unspecified atom stereocenters. The van der Waals surface area contributed by atoms with E-state index in [9.17, 15) is 9.18 Å². The number of carbonyl (C=O) groups is 1. The Balaban J connectivity index is 1.23. The number of hydrogen-bond donors (Lipinski definition) is 3. The third-order valence-electron chi connectivity index (χ3n) is 7.56. The van der Waals surface area contributed by atoms with Crippen LogP contribution in [0.15, 0.2) is 60.7 Å². The fraction of sp³-hybridized carbons (Fsp3) is 0.333. The van der Waals surface area contributed by atoms with Gasteiger partial charge in [-0.15, -0.1) is 0 Å². The Morgan fingerprint density at radius 1 is 1.05 bits per heavy atom. The van der Waals surface area contributed by atoms with E-state index in [4.69, 9.17) is 4.74 Å². The molecule has 39 heavy (non-hydrogen) atoms. The number of hydrogen-bond acceptors (Lipinski definition) is 6. The molecule has 0 bridgehead atoms. The maximum Gasteiger partial charge on any atom is 0.258 e. The second-order valence-electron chi connectivity index (χ2n) is 10.5. The van der Waals surface area contributed by atoms with Gasteiger partial charge in [-0.2, -0.15) is 5.10 Å². The summed E-state index contributed by atoms with van der Waals surface area (Å²) in [4.78, 5) is 18.2. The molecule has 2 aliphatic heterocycles. The molecule has 3 aromatic carbocycles. The highest BCUT2D eigenvalue weighted by molar-refractivity contribution is 6.11. The third-order valence-corrected chi connectivity index (χ3v) is 7.56. The average Bonchev–Trinajstić information content (AvgIpc) is 3.30. The van der Waals surface area contributed by atoms with Crippen LogP contribution in [0.25, 0.3) is 10.9 Å². The summed E-state index contributed by atoms with van der Waals surface area (Å²) in [6, 6.07) is 18.5. The monoisotopic (exact) mass is 528 g/mol. The van der Waals surface area contributed by atoms with Crippen molar-refractivity contribution in [1.82, 2.24) is 15.1 Å². The van der Waals surface area contributed by atoms with Gasteiger partial charge in [0, 0.05) is 55.4 Å². The molecule has 0 saturated carbocycles. The number of aromatic amines is 1. The van der Waals surface area contributed by atoms with Crippen LogP contribution in [0.1, 0.15) is 21.5 Å². The highest BCUT2D eigenvalue weighted by Crippen LogP contribution is 2.28. The molecule has 202 valence electrons. The van der Waals surface area contributed by atoms with Crippen LogP contribution in [0.3, 0.4) is 0 Å². The fourth-order valence-corrected chi connectivity index (χ4v) is 5.12. The number of carbonyl (C=O) groups excluding carboxylic acids is 1. The summed E-state index contributed by atoms with van der Waals surface area (Å²) in [5, 5.41) is 14.7. The molecule has 9 heteroatoms. The van der Waals surface area contributed by atoms with E-state index in [1.165, 1.54) is 6.07 Å². The van der Waals surface area contributed by atoms with Crippen LogP contribution >= 0.6 is 0 Å². The molecule has 0 spiro atoms. The first kappa shape index (κ1) is 25.3. The van der Waals surface area contributed by atoms with E-state index >= 15 is 0 Å². The third kappa shape index (κ3) is 5.74. The SMILES string of the molecule is CN1CCN(c2ccc(C(=O)Nc3n[nH]c4ccc(Cc5cccc(F)c5)cc34)c(NCC3COC3)c2)CC1. The van der Waals surface area contributed by atoms with Crippen molar-refractivity contribution in [3.8, 4) is 0 Å². The maximum absolute atomic E-state index is 13.7. The number of rotatable bonds is 8. The molecular formula is C30H33FN6O2. The highest BCUT2D eigenvalue weighted by atomic mass is 19.1. The van der Waals surface area contributed by atoms with Gasteiger partial charge in [0.2, 0.25) is 0 Å². The second kappa shape index (κ2) is 11.0. The Bertz CT molecular complexity index is 1480. The van der Waals surface area contributed by atoms with Gasteiger partial charge in [-0.05, 0) is 67.1 Å². The van der Waals surface area contributed by atoms with Crippen molar-refractivity contribution in [1.29, 1.82) is 0 Å². The fourth-order valence-electron chi connectivity index (χ4n) is 5.12. The standard InChI is InChI=1S/C30H33FN6O2/c1-36-9-11-37(12-10-36)24-6-7-25(28(16-24)32-17-22-18-39-19-22)30(38)33-29-26-15-21(5-8-27(26)34-35-29)13-20-3-2-4-23(31)14-20/h2-8,14-16,22,32H,9-13,17-19H2,1H3,(H2,33,34,35,38). The molecule has 4 aromatic rings. The first-order valence-corrected chi connectivity index (χ1v) is 13.4. The average molecular weight is 529 g/mol. The second-order valence-corrected chi connectivity index (χ2v) is 10.5. The van der Waals surface area contributed by atoms with Crippen LogP contribution in [-0.4, -0.2) is 74.0 Å². The quantitative estimate of drug-likeness (QED) is 0.315. The Morgan fingerprint density at radius 3 is 2.64 bits per heavy atom. The van der Waals surface area contributed by atoms with Gasteiger partial charge in [0.1, 0.15) is 5.82 Å². The molecule has 8 nitrogen and oxygen atoms in total. The largest absolute Gasteiger partial charge is 0.384 e. The molecule has 2 aliphatic rings. The van der Waals surface area contributed by atoms with Crippen LogP contribution in [0, 0.1) is 11.7 Å². The van der Waals surface area contributed by atoms with E-state index in [2.05, 4.69) is 43.7 Å². The predicted octanol–water partition coefficient (Wildman–Crippen LogP) is 4.36. The van der Waals surface area contributed by atoms with Crippen molar-refractivity contribution < 1.29 is 13.9 Å². The van der Waals surface area contributed by atoms with Gasteiger partial charge in [0.25, 0.3) is 5.91 Å². The lowest BCUT2D eigenvalue weighted by Gasteiger charge is -2.34. The lowest BCUT2D eigenvalue weighted by Crippen LogP contribution is -2.44. The van der Waals surface area contributed by atoms with Gasteiger partial charge < -0.3 is 25.2 Å². The van der Waals surface area contributed by atoms with E-state index < -0.39 is 0 Å². The summed E-state index contributed by atoms with van der Waals surface area (Å²) >= 11 is 0. The summed E-state index contributed by atoms with van der Waals surface area (Å²) in [7, 11) is 2.14. The van der Waals surface area contributed by atoms with E-state index in [0.717, 1.165) is 79.3 Å². The van der Waals surface area contributed by atoms with Crippen molar-refractivity contribution >= 4 is 34.0 Å². The summed E-state index contributed by atoms with van der Waals surface area (Å²) < 4.78 is 19.0. The van der Waals surface area contributed by atoms with E-state index in [-0.39, 0.29) is 11.7 Å². The highest BCUT2D eigenvalue weighted by Gasteiger charge is 2.22. The molecule has 0 atom stereocenters. The number of aromatic nitrogens is 2. The zero-order valence-corrected chi connectivity index (χ0v) is 22.0. The molecular weight excluding hydrogens is 495 g/mol. The number of fused-ring (bicyclic) bond motifs is 1. The number of nitrogens with one attached hydrogen (secondary N) is 3. The van der Waals surface area contributed by atoms with E-state index in [1.807, 2.05) is 36.4 Å². The number of nitrogens with zero attached hydrogens (tertiary/aromatic N) is 3. The number of ether oxygens (including phenoxy) is 1. The Hall–Kier alpha value is -3.95. The van der Waals surface area contributed by atoms with Gasteiger partial charge in [-0.1, -0.05) is 18.2 Å². The molecule has 1 amide bonds. The lowest BCUT2D eigenvalue weighted by molar-refractivity contribution is -0.0248. The van der Waals surface area contributed by atoms with Gasteiger partial charge >= 0.3 is 0 Å². The molecule has 3 N–H and O–H groups in total. The van der Waals surface area contributed by atoms with E-state index in [1.54, 1.807) is 12.1 Å². The van der Waals surface area contributed by atoms with Gasteiger partial charge in [-0.25, -0.2) is 4.39 Å². The summed E-state index contributed by atoms with van der Waals surface area (Å²) in [5.74, 6) is 0.437. The molecule has 3 heterocycles. The molecule has 6 rings (SSSR count). The number of benzene rings is 3. The zero-order chi connectivity index (χ0) is 26.8. The number of likely N-dealkylation sites (N-methyl/N-ethyl adjacent to an activating group) is 1. The van der Waals surface area contributed by atoms with E-state index in [0.29, 0.717) is 23.7 Å². The number of anilines is 3. The van der Waals surface area contributed by atoms with Crippen LogP contribution in [0.4, 0.5) is 21.6 Å². The number of halogens is 1. The predicted molar refractivity (Wildman–Crippen MR) is 152 cm³/mol. The molecule has 0 radical (unpaired) electrons. The smallest absolute Gasteiger partial charge is 0.258 e. The van der Waals surface area contributed by atoms with Crippen molar-refractivity contribution in [2.24, 2.45) is 5.92 Å². The molecule has 0 aliphatic carbocycles. The van der Waals surface area contributed by atoms with Gasteiger partial charge in [0.05, 0.1) is 24.3 Å². The normalized spacial score (nSPS) is 16.3. The Morgan fingerprint density at radius 2 is 1.87 bits per heavy atom. The zero-order valence-electron chi connectivity index (χ0n) is 22.0. The molecule has 2 fully saturated rings. The van der Waals surface area contributed by atoms with Gasteiger partial charge in [0.15, 0.2) is 5.82 Å². The lowest BCUT2D eigenvalue weighted by atomic mass is 10.0. The number of piperazine rings is 1. The topological polar surface area (TPSA) is 85.5 Å². The van der Waals surface area contributed by atoms with Crippen molar-refractivity contribution in [2.75, 3.05) is 68.5 Å². The van der Waals surface area contributed by atoms with Crippen LogP contribution < -0.4 is 15.5 Å². The van der Waals surface area contributed by atoms with Crippen LogP contribution in [0.5, 0.6) is 0 Å². The summed E-state index contributed by atoms with van der Waals surface area (Å²) in [6.45, 7) is 6.16. The minimum absolute atomic E-state index is 0.226. The molecule has 2 saturated heterocycles. The maximum atomic E-state index is 13.7. The van der Waals surface area contributed by atoms with Crippen LogP contribution in [0.2, 0.25) is 0 Å². The van der Waals surface area contributed by atoms with Crippen molar-refractivity contribution in [2.45, 2.75) is 6.42 Å². The minimum Gasteiger partial charge on any atom is -0.384 e. The minimum atomic E-state index is -0.252. The van der Waals surface area contributed by atoms with Crippen molar-refractivity contribution in [3.63, 3.8) is 0 Å². The Labute approximate surface area is 227 Å². The Kier molecular flexibility index (Phi) is 7.17. The van der Waals surface area contributed by atoms with Gasteiger partial charge in [-0.3, -0.25) is 9.89 Å². The number of H-pyrrole nitrogens is 1. The summed E-state index contributed by atoms with van der Waals surface area (Å²) in [6.07, 6.45) is 0.582. The first-order valence-electron chi connectivity index (χ1n) is 13.4. The number of amides is 1. The molecule has 1 aromatic heterocycles. The summed E-state index contributed by atoms with van der Waals surface area (Å²) in [5.41, 5.74) is 5.20.